The molecule has 0 spiro atoms. The summed E-state index contributed by atoms with van der Waals surface area (Å²) in [4.78, 5) is 17.7. The molecule has 8 heteroatoms. The first-order valence-corrected chi connectivity index (χ1v) is 8.82. The van der Waals surface area contributed by atoms with Gasteiger partial charge in [0.15, 0.2) is 0 Å². The van der Waals surface area contributed by atoms with E-state index in [1.165, 1.54) is 16.2 Å². The average Bonchev–Trinajstić information content (AvgIpc) is 3.25. The predicted octanol–water partition coefficient (Wildman–Crippen LogP) is 3.21. The number of ether oxygens (including phenoxy) is 1. The van der Waals surface area contributed by atoms with Crippen LogP contribution in [-0.2, 0) is 13.0 Å². The van der Waals surface area contributed by atoms with Crippen LogP contribution >= 0.6 is 22.7 Å². The number of thiazole rings is 1. The molecule has 0 bridgehead atoms. The molecule has 0 aliphatic heterocycles. The molecule has 0 atom stereocenters. The monoisotopic (exact) mass is 348 g/mol. The second kappa shape index (κ2) is 6.93. The van der Waals surface area contributed by atoms with Crippen molar-refractivity contribution in [2.24, 2.45) is 0 Å². The van der Waals surface area contributed by atoms with Gasteiger partial charge in [0.1, 0.15) is 5.75 Å². The zero-order valence-corrected chi connectivity index (χ0v) is 14.4. The Hall–Kier alpha value is -2.19. The lowest BCUT2D eigenvalue weighted by atomic mass is 10.3. The van der Waals surface area contributed by atoms with E-state index in [1.807, 2.05) is 23.3 Å². The third kappa shape index (κ3) is 3.59. The van der Waals surface area contributed by atoms with Crippen LogP contribution in [0.1, 0.15) is 20.9 Å². The Balaban J connectivity index is 1.61. The number of rotatable bonds is 6. The molecular weight excluding hydrogens is 332 g/mol. The molecular formula is C15H16N4O2S2. The van der Waals surface area contributed by atoms with Gasteiger partial charge in [-0.3, -0.25) is 9.48 Å². The van der Waals surface area contributed by atoms with Crippen molar-refractivity contribution >= 4 is 34.3 Å². The Bertz CT molecular complexity index is 806. The molecule has 0 aromatic carbocycles. The highest BCUT2D eigenvalue weighted by Crippen LogP contribution is 2.24. The highest BCUT2D eigenvalue weighted by atomic mass is 32.1. The number of methoxy groups -OCH3 is 1. The van der Waals surface area contributed by atoms with Crippen molar-refractivity contribution in [2.45, 2.75) is 19.9 Å². The van der Waals surface area contributed by atoms with Gasteiger partial charge in [-0.15, -0.1) is 22.7 Å². The van der Waals surface area contributed by atoms with Gasteiger partial charge >= 0.3 is 0 Å². The quantitative estimate of drug-likeness (QED) is 0.743. The molecule has 0 radical (unpaired) electrons. The lowest BCUT2D eigenvalue weighted by Gasteiger charge is -2.03. The summed E-state index contributed by atoms with van der Waals surface area (Å²) >= 11 is 3.09. The molecule has 0 saturated carbocycles. The largest absolute Gasteiger partial charge is 0.495 e. The first-order chi connectivity index (χ1) is 11.2. The van der Waals surface area contributed by atoms with Gasteiger partial charge in [-0.25, -0.2) is 4.98 Å². The number of nitrogens with one attached hydrogen (secondary N) is 1. The van der Waals surface area contributed by atoms with E-state index in [4.69, 9.17) is 4.74 Å². The second-order valence-electron chi connectivity index (χ2n) is 4.91. The zero-order chi connectivity index (χ0) is 16.2. The fourth-order valence-corrected chi connectivity index (χ4v) is 3.68. The molecule has 6 nitrogen and oxygen atoms in total. The number of nitrogens with zero attached hydrogens (tertiary/aromatic N) is 3. The third-order valence-corrected chi connectivity index (χ3v) is 5.11. The number of amides is 1. The highest BCUT2D eigenvalue weighted by molar-refractivity contribution is 7.09. The van der Waals surface area contributed by atoms with Gasteiger partial charge in [-0.2, -0.15) is 5.10 Å². The Morgan fingerprint density at radius 3 is 3.04 bits per heavy atom. The Morgan fingerprint density at radius 1 is 1.43 bits per heavy atom. The second-order valence-corrected chi connectivity index (χ2v) is 6.59. The molecule has 3 aromatic rings. The summed E-state index contributed by atoms with van der Waals surface area (Å²) in [6.45, 7) is 2.76. The lowest BCUT2D eigenvalue weighted by molar-refractivity contribution is 0.102. The van der Waals surface area contributed by atoms with Gasteiger partial charge in [0.25, 0.3) is 5.91 Å². The normalized spacial score (nSPS) is 10.7. The minimum Gasteiger partial charge on any atom is -0.495 e. The summed E-state index contributed by atoms with van der Waals surface area (Å²) in [6, 6.07) is 0. The van der Waals surface area contributed by atoms with Crippen molar-refractivity contribution in [3.8, 4) is 5.75 Å². The van der Waals surface area contributed by atoms with Crippen LogP contribution in [0.3, 0.4) is 0 Å². The number of aromatic nitrogens is 3. The molecule has 3 heterocycles. The van der Waals surface area contributed by atoms with Crippen molar-refractivity contribution in [3.05, 3.63) is 44.8 Å². The maximum atomic E-state index is 12.2. The number of hydrogen-bond acceptors (Lipinski definition) is 6. The molecule has 0 saturated heterocycles. The minimum atomic E-state index is -0.194. The molecule has 1 amide bonds. The number of aryl methyl sites for hydroxylation is 3. The van der Waals surface area contributed by atoms with E-state index < -0.39 is 0 Å². The van der Waals surface area contributed by atoms with Crippen molar-refractivity contribution in [2.75, 3.05) is 12.4 Å². The molecule has 0 unspecified atom stereocenters. The molecule has 120 valence electrons. The van der Waals surface area contributed by atoms with E-state index in [2.05, 4.69) is 15.4 Å². The van der Waals surface area contributed by atoms with Crippen molar-refractivity contribution < 1.29 is 9.53 Å². The Morgan fingerprint density at radius 2 is 2.30 bits per heavy atom. The minimum absolute atomic E-state index is 0.194. The van der Waals surface area contributed by atoms with Crippen LogP contribution in [0.2, 0.25) is 0 Å². The molecule has 0 fully saturated rings. The van der Waals surface area contributed by atoms with Crippen LogP contribution in [0.4, 0.5) is 5.69 Å². The topological polar surface area (TPSA) is 69.0 Å². The Labute approximate surface area is 141 Å². The van der Waals surface area contributed by atoms with Crippen LogP contribution in [0, 0.1) is 6.92 Å². The van der Waals surface area contributed by atoms with Crippen LogP contribution < -0.4 is 10.1 Å². The lowest BCUT2D eigenvalue weighted by Crippen LogP contribution is -2.11. The fourth-order valence-electron chi connectivity index (χ4n) is 2.14. The van der Waals surface area contributed by atoms with E-state index in [-0.39, 0.29) is 5.91 Å². The molecule has 0 aliphatic carbocycles. The first-order valence-electron chi connectivity index (χ1n) is 7.00. The van der Waals surface area contributed by atoms with E-state index in [0.717, 1.165) is 18.7 Å². The van der Waals surface area contributed by atoms with Crippen LogP contribution in [0.25, 0.3) is 0 Å². The molecule has 1 N–H and O–H groups in total. The van der Waals surface area contributed by atoms with E-state index in [1.54, 1.807) is 35.4 Å². The van der Waals surface area contributed by atoms with Crippen molar-refractivity contribution in [1.82, 2.24) is 14.8 Å². The zero-order valence-electron chi connectivity index (χ0n) is 12.8. The van der Waals surface area contributed by atoms with Crippen LogP contribution in [0.15, 0.2) is 28.7 Å². The van der Waals surface area contributed by atoms with E-state index in [0.29, 0.717) is 17.0 Å². The standard InChI is InChI=1S/C15H16N4O2S2/c1-10-14(23-9-16-10)3-4-19-6-11(5-17-19)18-15(20)12-7-22-8-13(12)21-2/h5-9H,3-4H2,1-2H3,(H,18,20). The van der Waals surface area contributed by atoms with Gasteiger partial charge < -0.3 is 10.1 Å². The highest BCUT2D eigenvalue weighted by Gasteiger charge is 2.14. The summed E-state index contributed by atoms with van der Waals surface area (Å²) in [5.41, 5.74) is 4.13. The van der Waals surface area contributed by atoms with Crippen LogP contribution in [0.5, 0.6) is 5.75 Å². The van der Waals surface area contributed by atoms with Crippen molar-refractivity contribution in [3.63, 3.8) is 0 Å². The number of carbonyl (C=O) groups excluding carboxylic acids is 1. The van der Waals surface area contributed by atoms with Gasteiger partial charge in [0.05, 0.1) is 35.8 Å². The fraction of sp³-hybridized carbons (Fsp3) is 0.267. The maximum absolute atomic E-state index is 12.2. The summed E-state index contributed by atoms with van der Waals surface area (Å²) in [5.74, 6) is 0.390. The summed E-state index contributed by atoms with van der Waals surface area (Å²) in [6.07, 6.45) is 4.35. The molecule has 0 aliphatic rings. The van der Waals surface area contributed by atoms with E-state index in [9.17, 15) is 4.79 Å². The number of thiophene rings is 1. The molecule has 3 aromatic heterocycles. The SMILES string of the molecule is COc1cscc1C(=O)Nc1cnn(CCc2scnc2C)c1. The van der Waals surface area contributed by atoms with Crippen molar-refractivity contribution in [1.29, 1.82) is 0 Å². The summed E-state index contributed by atoms with van der Waals surface area (Å²) < 4.78 is 6.98. The summed E-state index contributed by atoms with van der Waals surface area (Å²) in [7, 11) is 1.55. The summed E-state index contributed by atoms with van der Waals surface area (Å²) in [5, 5.41) is 10.7. The third-order valence-electron chi connectivity index (χ3n) is 3.39. The number of carbonyl (C=O) groups is 1. The smallest absolute Gasteiger partial charge is 0.260 e. The number of hydrogen-bond donors (Lipinski definition) is 1. The van der Waals surface area contributed by atoms with Crippen LogP contribution in [-0.4, -0.2) is 27.8 Å². The predicted molar refractivity (Wildman–Crippen MR) is 91.6 cm³/mol. The van der Waals surface area contributed by atoms with Gasteiger partial charge in [0.2, 0.25) is 0 Å². The van der Waals surface area contributed by atoms with Gasteiger partial charge in [-0.05, 0) is 6.92 Å². The Kier molecular flexibility index (Phi) is 4.73. The van der Waals surface area contributed by atoms with E-state index >= 15 is 0 Å². The molecule has 3 rings (SSSR count). The average molecular weight is 348 g/mol. The molecule has 23 heavy (non-hydrogen) atoms. The number of anilines is 1. The maximum Gasteiger partial charge on any atom is 0.260 e. The van der Waals surface area contributed by atoms with Gasteiger partial charge in [-0.1, -0.05) is 0 Å². The first kappa shape index (κ1) is 15.7. The van der Waals surface area contributed by atoms with Gasteiger partial charge in [0, 0.05) is 34.8 Å².